The average molecular weight is 169 g/mol. The summed E-state index contributed by atoms with van der Waals surface area (Å²) < 4.78 is 0. The van der Waals surface area contributed by atoms with Gasteiger partial charge in [-0.2, -0.15) is 5.10 Å². The van der Waals surface area contributed by atoms with Crippen LogP contribution >= 0.6 is 11.8 Å². The summed E-state index contributed by atoms with van der Waals surface area (Å²) in [6, 6.07) is 1.71. The summed E-state index contributed by atoms with van der Waals surface area (Å²) in [4.78, 5) is 11.4. The van der Waals surface area contributed by atoms with Crippen molar-refractivity contribution in [3.8, 4) is 0 Å². The van der Waals surface area contributed by atoms with Gasteiger partial charge in [-0.1, -0.05) is 0 Å². The van der Waals surface area contributed by atoms with Crippen LogP contribution in [-0.2, 0) is 0 Å². The fourth-order valence-corrected chi connectivity index (χ4v) is 1.19. The molecule has 0 aliphatic heterocycles. The van der Waals surface area contributed by atoms with Crippen LogP contribution in [0.2, 0.25) is 0 Å². The molecule has 1 amide bonds. The van der Waals surface area contributed by atoms with Gasteiger partial charge in [0.25, 0.3) is 5.91 Å². The largest absolute Gasteiger partial charge is 0.364 e. The smallest absolute Gasteiger partial charge is 0.270 e. The molecule has 1 rings (SSSR count). The first-order valence-corrected chi connectivity index (χ1v) is 4.13. The van der Waals surface area contributed by atoms with E-state index >= 15 is 0 Å². The molecule has 2 N–H and O–H groups in total. The molecular formula is C6H7N3OS. The molecule has 0 aliphatic rings. The molecule has 0 radical (unpaired) electrons. The zero-order valence-electron chi connectivity index (χ0n) is 5.94. The van der Waals surface area contributed by atoms with Crippen molar-refractivity contribution in [1.29, 1.82) is 0 Å². The Balaban J connectivity index is 3.12. The Kier molecular flexibility index (Phi) is 2.43. The Morgan fingerprint density at radius 3 is 2.91 bits per heavy atom. The van der Waals surface area contributed by atoms with E-state index in [4.69, 9.17) is 5.73 Å². The quantitative estimate of drug-likeness (QED) is 0.646. The third-order valence-corrected chi connectivity index (χ3v) is 1.91. The molecule has 0 saturated heterocycles. The van der Waals surface area contributed by atoms with Gasteiger partial charge in [-0.05, 0) is 12.3 Å². The number of nitrogens with zero attached hydrogens (tertiary/aromatic N) is 2. The van der Waals surface area contributed by atoms with Gasteiger partial charge in [0.05, 0.1) is 6.20 Å². The number of hydrogen-bond donors (Lipinski definition) is 1. The molecule has 1 aromatic heterocycles. The van der Waals surface area contributed by atoms with E-state index in [0.717, 1.165) is 4.90 Å². The zero-order chi connectivity index (χ0) is 8.27. The Bertz CT molecular complexity index is 276. The van der Waals surface area contributed by atoms with Gasteiger partial charge < -0.3 is 5.73 Å². The van der Waals surface area contributed by atoms with Crippen LogP contribution in [0.15, 0.2) is 17.2 Å². The maximum Gasteiger partial charge on any atom is 0.270 e. The number of nitrogens with two attached hydrogens (primary N) is 1. The minimum Gasteiger partial charge on any atom is -0.364 e. The number of hydrogen-bond acceptors (Lipinski definition) is 4. The molecule has 0 atom stereocenters. The van der Waals surface area contributed by atoms with Gasteiger partial charge in [0.2, 0.25) is 0 Å². The van der Waals surface area contributed by atoms with Gasteiger partial charge >= 0.3 is 0 Å². The van der Waals surface area contributed by atoms with Crippen molar-refractivity contribution < 1.29 is 4.79 Å². The van der Waals surface area contributed by atoms with Gasteiger partial charge in [0.15, 0.2) is 5.69 Å². The van der Waals surface area contributed by atoms with Crippen molar-refractivity contribution in [1.82, 2.24) is 10.2 Å². The van der Waals surface area contributed by atoms with E-state index in [9.17, 15) is 4.79 Å². The molecule has 1 aromatic rings. The van der Waals surface area contributed by atoms with Crippen LogP contribution in [0.3, 0.4) is 0 Å². The maximum absolute atomic E-state index is 10.7. The third-order valence-electron chi connectivity index (χ3n) is 1.14. The van der Waals surface area contributed by atoms with Crippen LogP contribution in [0.5, 0.6) is 0 Å². The lowest BCUT2D eigenvalue weighted by atomic mass is 10.4. The second-order valence-electron chi connectivity index (χ2n) is 1.81. The highest BCUT2D eigenvalue weighted by atomic mass is 32.2. The van der Waals surface area contributed by atoms with Crippen molar-refractivity contribution in [3.05, 3.63) is 18.0 Å². The Morgan fingerprint density at radius 1 is 1.73 bits per heavy atom. The van der Waals surface area contributed by atoms with E-state index in [-0.39, 0.29) is 5.69 Å². The molecule has 0 unspecified atom stereocenters. The standard InChI is InChI=1S/C6H7N3OS/c1-11-4-2-3-8-9-5(4)6(7)10/h2-3H,1H3,(H2,7,10). The second-order valence-corrected chi connectivity index (χ2v) is 2.66. The summed E-state index contributed by atoms with van der Waals surface area (Å²) in [5.41, 5.74) is 5.27. The lowest BCUT2D eigenvalue weighted by molar-refractivity contribution is 0.0991. The van der Waals surface area contributed by atoms with Crippen LogP contribution in [-0.4, -0.2) is 22.4 Å². The average Bonchev–Trinajstić information content (AvgIpc) is 2.04. The monoisotopic (exact) mass is 169 g/mol. The normalized spacial score (nSPS) is 9.55. The first kappa shape index (κ1) is 8.00. The predicted molar refractivity (Wildman–Crippen MR) is 42.3 cm³/mol. The number of rotatable bonds is 2. The fourth-order valence-electron chi connectivity index (χ4n) is 0.656. The Labute approximate surface area is 68.2 Å². The van der Waals surface area contributed by atoms with Crippen molar-refractivity contribution >= 4 is 17.7 Å². The topological polar surface area (TPSA) is 68.9 Å². The van der Waals surface area contributed by atoms with E-state index in [2.05, 4.69) is 10.2 Å². The maximum atomic E-state index is 10.7. The van der Waals surface area contributed by atoms with Gasteiger partial charge in [-0.25, -0.2) is 0 Å². The van der Waals surface area contributed by atoms with Crippen LogP contribution < -0.4 is 5.73 Å². The minimum absolute atomic E-state index is 0.236. The van der Waals surface area contributed by atoms with Gasteiger partial charge in [0.1, 0.15) is 0 Å². The van der Waals surface area contributed by atoms with E-state index in [1.165, 1.54) is 18.0 Å². The SMILES string of the molecule is CSc1ccnnc1C(N)=O. The van der Waals surface area contributed by atoms with E-state index < -0.39 is 5.91 Å². The highest BCUT2D eigenvalue weighted by Crippen LogP contribution is 2.15. The van der Waals surface area contributed by atoms with Gasteiger partial charge in [-0.3, -0.25) is 4.79 Å². The summed E-state index contributed by atoms with van der Waals surface area (Å²) in [6.07, 6.45) is 3.38. The number of carbonyl (C=O) groups excluding carboxylic acids is 1. The molecule has 0 aliphatic carbocycles. The lowest BCUT2D eigenvalue weighted by Gasteiger charge is -1.98. The summed E-state index contributed by atoms with van der Waals surface area (Å²) >= 11 is 1.42. The molecule has 5 heteroatoms. The van der Waals surface area contributed by atoms with Gasteiger partial charge in [0, 0.05) is 4.90 Å². The van der Waals surface area contributed by atoms with Crippen LogP contribution in [0.25, 0.3) is 0 Å². The van der Waals surface area contributed by atoms with E-state index in [0.29, 0.717) is 0 Å². The molecule has 1 heterocycles. The van der Waals surface area contributed by atoms with Crippen molar-refractivity contribution in [3.63, 3.8) is 0 Å². The molecular weight excluding hydrogens is 162 g/mol. The molecule has 0 saturated carbocycles. The van der Waals surface area contributed by atoms with Crippen LogP contribution in [0, 0.1) is 0 Å². The fraction of sp³-hybridized carbons (Fsp3) is 0.167. The first-order chi connectivity index (χ1) is 5.25. The number of amides is 1. The van der Waals surface area contributed by atoms with Crippen molar-refractivity contribution in [2.24, 2.45) is 5.73 Å². The Hall–Kier alpha value is -1.10. The van der Waals surface area contributed by atoms with Crippen molar-refractivity contribution in [2.45, 2.75) is 4.90 Å². The van der Waals surface area contributed by atoms with Crippen LogP contribution in [0.1, 0.15) is 10.5 Å². The molecule has 0 aromatic carbocycles. The van der Waals surface area contributed by atoms with E-state index in [1.54, 1.807) is 6.07 Å². The highest BCUT2D eigenvalue weighted by Gasteiger charge is 2.07. The highest BCUT2D eigenvalue weighted by molar-refractivity contribution is 7.98. The molecule has 0 spiro atoms. The molecule has 0 bridgehead atoms. The summed E-state index contributed by atoms with van der Waals surface area (Å²) in [6.45, 7) is 0. The minimum atomic E-state index is -0.539. The third kappa shape index (κ3) is 1.68. The van der Waals surface area contributed by atoms with Gasteiger partial charge in [-0.15, -0.1) is 16.9 Å². The molecule has 0 fully saturated rings. The molecule has 4 nitrogen and oxygen atoms in total. The Morgan fingerprint density at radius 2 is 2.45 bits per heavy atom. The zero-order valence-corrected chi connectivity index (χ0v) is 6.76. The molecule has 11 heavy (non-hydrogen) atoms. The lowest BCUT2D eigenvalue weighted by Crippen LogP contribution is -2.14. The number of carbonyl (C=O) groups is 1. The summed E-state index contributed by atoms with van der Waals surface area (Å²) in [5.74, 6) is -0.539. The van der Waals surface area contributed by atoms with E-state index in [1.807, 2.05) is 6.26 Å². The molecule has 58 valence electrons. The number of aromatic nitrogens is 2. The number of thioether (sulfide) groups is 1. The summed E-state index contributed by atoms with van der Waals surface area (Å²) in [5, 5.41) is 7.15. The van der Waals surface area contributed by atoms with Crippen LogP contribution in [0.4, 0.5) is 0 Å². The first-order valence-electron chi connectivity index (χ1n) is 2.91. The number of primary amides is 1. The predicted octanol–water partition coefficient (Wildman–Crippen LogP) is 0.297. The summed E-state index contributed by atoms with van der Waals surface area (Å²) in [7, 11) is 0. The second kappa shape index (κ2) is 3.34. The van der Waals surface area contributed by atoms with Crippen molar-refractivity contribution in [2.75, 3.05) is 6.26 Å².